The monoisotopic (exact) mass is 536 g/mol. The van der Waals surface area contributed by atoms with Crippen LogP contribution in [0.1, 0.15) is 16.9 Å². The lowest BCUT2D eigenvalue weighted by Gasteiger charge is -2.37. The third-order valence-corrected chi connectivity index (χ3v) is 5.49. The molecule has 3 amide bonds. The summed E-state index contributed by atoms with van der Waals surface area (Å²) >= 11 is 3.20. The maximum Gasteiger partial charge on any atom is 0.275 e. The van der Waals surface area contributed by atoms with Crippen LogP contribution >= 0.6 is 15.9 Å². The third kappa shape index (κ3) is 7.39. The number of rotatable bonds is 8. The molecule has 9 nitrogen and oxygen atoms in total. The van der Waals surface area contributed by atoms with Gasteiger partial charge in [0.05, 0.1) is 24.3 Å². The number of pyridine rings is 2. The van der Waals surface area contributed by atoms with Crippen molar-refractivity contribution in [3.63, 3.8) is 0 Å². The van der Waals surface area contributed by atoms with Crippen LogP contribution in [0.2, 0.25) is 0 Å². The highest BCUT2D eigenvalue weighted by molar-refractivity contribution is 9.10. The first kappa shape index (κ1) is 25.4. The van der Waals surface area contributed by atoms with Crippen molar-refractivity contribution in [1.29, 1.82) is 0 Å². The second kappa shape index (κ2) is 11.7. The van der Waals surface area contributed by atoms with E-state index in [1.807, 2.05) is 0 Å². The molecule has 1 aliphatic rings. The number of halogens is 3. The molecule has 3 N–H and O–H groups in total. The zero-order valence-electron chi connectivity index (χ0n) is 18.0. The van der Waals surface area contributed by atoms with Gasteiger partial charge in [-0.2, -0.15) is 0 Å². The van der Waals surface area contributed by atoms with Gasteiger partial charge in [0.15, 0.2) is 0 Å². The Labute approximate surface area is 203 Å². The molecule has 0 bridgehead atoms. The molecule has 12 heteroatoms. The van der Waals surface area contributed by atoms with Crippen molar-refractivity contribution < 1.29 is 23.2 Å². The molecule has 3 rings (SSSR count). The van der Waals surface area contributed by atoms with Gasteiger partial charge in [0.25, 0.3) is 12.3 Å². The van der Waals surface area contributed by atoms with Crippen LogP contribution < -0.4 is 16.0 Å². The zero-order chi connectivity index (χ0) is 24.7. The number of carbonyl (C=O) groups is 3. The van der Waals surface area contributed by atoms with E-state index in [9.17, 15) is 23.2 Å². The predicted octanol–water partition coefficient (Wildman–Crippen LogP) is 2.69. The summed E-state index contributed by atoms with van der Waals surface area (Å²) < 4.78 is 26.4. The summed E-state index contributed by atoms with van der Waals surface area (Å²) in [5, 5.41) is 8.00. The molecule has 0 aromatic carbocycles. The van der Waals surface area contributed by atoms with E-state index in [-0.39, 0.29) is 30.5 Å². The van der Waals surface area contributed by atoms with E-state index in [4.69, 9.17) is 0 Å². The van der Waals surface area contributed by atoms with E-state index >= 15 is 0 Å². The van der Waals surface area contributed by atoms with Crippen molar-refractivity contribution in [2.45, 2.75) is 18.9 Å². The van der Waals surface area contributed by atoms with E-state index in [0.717, 1.165) is 6.08 Å². The van der Waals surface area contributed by atoms with Crippen LogP contribution in [0.4, 0.5) is 20.3 Å². The van der Waals surface area contributed by atoms with Gasteiger partial charge in [-0.1, -0.05) is 12.6 Å². The smallest absolute Gasteiger partial charge is 0.275 e. The first-order valence-corrected chi connectivity index (χ1v) is 11.2. The molecular formula is C22H23BrF2N6O3. The normalized spacial score (nSPS) is 18.2. The van der Waals surface area contributed by atoms with Gasteiger partial charge >= 0.3 is 0 Å². The number of anilines is 2. The van der Waals surface area contributed by atoms with E-state index in [1.165, 1.54) is 17.2 Å². The molecule has 2 aromatic heterocycles. The minimum absolute atomic E-state index is 0.137. The van der Waals surface area contributed by atoms with Crippen LogP contribution in [-0.2, 0) is 9.59 Å². The summed E-state index contributed by atoms with van der Waals surface area (Å²) in [7, 11) is 0. The summed E-state index contributed by atoms with van der Waals surface area (Å²) in [5.41, 5.74) is 0.582. The van der Waals surface area contributed by atoms with Gasteiger partial charge in [-0.05, 0) is 52.7 Å². The van der Waals surface area contributed by atoms with Gasteiger partial charge in [-0.25, -0.2) is 18.7 Å². The molecule has 1 fully saturated rings. The van der Waals surface area contributed by atoms with Crippen LogP contribution in [0.15, 0.2) is 53.8 Å². The van der Waals surface area contributed by atoms with E-state index in [0.29, 0.717) is 16.7 Å². The summed E-state index contributed by atoms with van der Waals surface area (Å²) in [6.07, 6.45) is 0.210. The Bertz CT molecular complexity index is 1050. The molecule has 1 aliphatic heterocycles. The molecule has 1 saturated heterocycles. The summed E-state index contributed by atoms with van der Waals surface area (Å²) in [4.78, 5) is 46.4. The van der Waals surface area contributed by atoms with E-state index in [2.05, 4.69) is 48.4 Å². The highest BCUT2D eigenvalue weighted by Crippen LogP contribution is 2.21. The maximum atomic E-state index is 12.9. The lowest BCUT2D eigenvalue weighted by molar-refractivity contribution is -0.124. The number of hydrogen-bond donors (Lipinski definition) is 3. The Hall–Kier alpha value is -3.25. The number of piperidine rings is 1. The quantitative estimate of drug-likeness (QED) is 0.353. The van der Waals surface area contributed by atoms with Crippen LogP contribution in [0.25, 0.3) is 0 Å². The standard InChI is InChI=1S/C22H23BrF2N6O3/c1-2-20(32)27-15-8-13(10-31(11-15)12-18(24)25)21(33)28-14-6-7-19(26-9-14)30-22(34)16-4-3-5-17(23)29-16/h2-7,9,13,15,18H,1,8,10-12H2,(H,27,32)(H,28,33)(H,26,30,34)/t13-,15+/m1/s1. The molecule has 2 aromatic rings. The number of nitrogens with zero attached hydrogens (tertiary/aromatic N) is 3. The van der Waals surface area contributed by atoms with Crippen molar-refractivity contribution >= 4 is 45.2 Å². The van der Waals surface area contributed by atoms with Crippen molar-refractivity contribution in [3.8, 4) is 0 Å². The number of alkyl halides is 2. The van der Waals surface area contributed by atoms with E-state index < -0.39 is 36.7 Å². The van der Waals surface area contributed by atoms with Gasteiger partial charge in [0.1, 0.15) is 16.1 Å². The van der Waals surface area contributed by atoms with Crippen molar-refractivity contribution in [1.82, 2.24) is 20.2 Å². The number of amides is 3. The topological polar surface area (TPSA) is 116 Å². The molecule has 0 radical (unpaired) electrons. The number of hydrogen-bond acceptors (Lipinski definition) is 6. The molecule has 0 unspecified atom stereocenters. The molecule has 34 heavy (non-hydrogen) atoms. The molecule has 0 saturated carbocycles. The van der Waals surface area contributed by atoms with Gasteiger partial charge in [0, 0.05) is 19.1 Å². The second-order valence-corrected chi connectivity index (χ2v) is 8.49. The van der Waals surface area contributed by atoms with Crippen molar-refractivity contribution in [3.05, 3.63) is 59.5 Å². The summed E-state index contributed by atoms with van der Waals surface area (Å²) in [6.45, 7) is 3.25. The molecule has 2 atom stereocenters. The van der Waals surface area contributed by atoms with Crippen LogP contribution in [0.3, 0.4) is 0 Å². The average molecular weight is 537 g/mol. The van der Waals surface area contributed by atoms with Gasteiger partial charge in [-0.3, -0.25) is 19.3 Å². The highest BCUT2D eigenvalue weighted by atomic mass is 79.9. The minimum Gasteiger partial charge on any atom is -0.349 e. The van der Waals surface area contributed by atoms with Gasteiger partial charge in [-0.15, -0.1) is 0 Å². The van der Waals surface area contributed by atoms with E-state index in [1.54, 1.807) is 24.3 Å². The molecular weight excluding hydrogens is 514 g/mol. The number of nitrogens with one attached hydrogen (secondary N) is 3. The largest absolute Gasteiger partial charge is 0.349 e. The second-order valence-electron chi connectivity index (χ2n) is 7.67. The van der Waals surface area contributed by atoms with Gasteiger partial charge < -0.3 is 16.0 Å². The predicted molar refractivity (Wildman–Crippen MR) is 125 cm³/mol. The third-order valence-electron chi connectivity index (χ3n) is 5.05. The Kier molecular flexibility index (Phi) is 8.77. The Morgan fingerprint density at radius 3 is 2.65 bits per heavy atom. The zero-order valence-corrected chi connectivity index (χ0v) is 19.6. The average Bonchev–Trinajstić information content (AvgIpc) is 2.79. The Morgan fingerprint density at radius 1 is 1.21 bits per heavy atom. The van der Waals surface area contributed by atoms with Crippen molar-refractivity contribution in [2.75, 3.05) is 30.3 Å². The first-order chi connectivity index (χ1) is 16.2. The molecule has 180 valence electrons. The number of aromatic nitrogens is 2. The fourth-order valence-corrected chi connectivity index (χ4v) is 3.93. The van der Waals surface area contributed by atoms with Crippen LogP contribution in [-0.4, -0.2) is 64.7 Å². The van der Waals surface area contributed by atoms with Crippen LogP contribution in [0.5, 0.6) is 0 Å². The SMILES string of the molecule is C=CC(=O)N[C@H]1C[C@@H](C(=O)Nc2ccc(NC(=O)c3cccc(Br)n3)nc2)CN(CC(F)F)C1. The number of likely N-dealkylation sites (tertiary alicyclic amines) is 1. The first-order valence-electron chi connectivity index (χ1n) is 10.4. The molecule has 3 heterocycles. The molecule has 0 spiro atoms. The Balaban J connectivity index is 1.61. The minimum atomic E-state index is -2.56. The Morgan fingerprint density at radius 2 is 2.00 bits per heavy atom. The van der Waals surface area contributed by atoms with Gasteiger partial charge in [0.2, 0.25) is 11.8 Å². The fraction of sp³-hybridized carbons (Fsp3) is 0.318. The van der Waals surface area contributed by atoms with Crippen LogP contribution in [0, 0.1) is 5.92 Å². The fourth-order valence-electron chi connectivity index (χ4n) is 3.59. The maximum absolute atomic E-state index is 12.9. The number of carbonyl (C=O) groups excluding carboxylic acids is 3. The van der Waals surface area contributed by atoms with Crippen molar-refractivity contribution in [2.24, 2.45) is 5.92 Å². The lowest BCUT2D eigenvalue weighted by Crippen LogP contribution is -2.53. The summed E-state index contributed by atoms with van der Waals surface area (Å²) in [6, 6.07) is 7.55. The molecule has 0 aliphatic carbocycles. The summed E-state index contributed by atoms with van der Waals surface area (Å²) in [5.74, 6) is -1.61. The lowest BCUT2D eigenvalue weighted by atomic mass is 9.93. The highest BCUT2D eigenvalue weighted by Gasteiger charge is 2.33.